The Hall–Kier alpha value is -2.24. The molecule has 1 atom stereocenters. The summed E-state index contributed by atoms with van der Waals surface area (Å²) in [4.78, 5) is 15.9. The molecule has 1 N–H and O–H groups in total. The van der Waals surface area contributed by atoms with Gasteiger partial charge in [0.05, 0.1) is 6.42 Å². The SMILES string of the molecule is CC(C)c1nnc([C@@H](C)NC(=O)Cc2cccnc2)o1. The minimum Gasteiger partial charge on any atom is -0.423 e. The molecule has 0 bridgehead atoms. The van der Waals surface area contributed by atoms with Gasteiger partial charge in [-0.05, 0) is 18.6 Å². The first-order valence-corrected chi connectivity index (χ1v) is 6.58. The number of pyridine rings is 1. The van der Waals surface area contributed by atoms with E-state index in [2.05, 4.69) is 20.5 Å². The molecular formula is C14H18N4O2. The average molecular weight is 274 g/mol. The van der Waals surface area contributed by atoms with Crippen molar-refractivity contribution in [2.24, 2.45) is 0 Å². The van der Waals surface area contributed by atoms with E-state index in [1.54, 1.807) is 18.5 Å². The zero-order valence-electron chi connectivity index (χ0n) is 11.8. The minimum absolute atomic E-state index is 0.102. The van der Waals surface area contributed by atoms with Crippen LogP contribution >= 0.6 is 0 Å². The van der Waals surface area contributed by atoms with Gasteiger partial charge in [0, 0.05) is 18.3 Å². The molecule has 0 aliphatic heterocycles. The van der Waals surface area contributed by atoms with Crippen LogP contribution in [0, 0.1) is 0 Å². The number of nitrogens with one attached hydrogen (secondary N) is 1. The molecule has 6 heteroatoms. The molecular weight excluding hydrogens is 256 g/mol. The number of carbonyl (C=O) groups excluding carboxylic acids is 1. The van der Waals surface area contributed by atoms with E-state index in [0.29, 0.717) is 11.8 Å². The molecule has 20 heavy (non-hydrogen) atoms. The third kappa shape index (κ3) is 3.63. The van der Waals surface area contributed by atoms with Crippen LogP contribution in [-0.2, 0) is 11.2 Å². The molecule has 0 aromatic carbocycles. The van der Waals surface area contributed by atoms with E-state index in [1.807, 2.05) is 26.8 Å². The van der Waals surface area contributed by atoms with Crippen molar-refractivity contribution >= 4 is 5.91 Å². The maximum atomic E-state index is 11.9. The van der Waals surface area contributed by atoms with Gasteiger partial charge in [-0.15, -0.1) is 10.2 Å². The van der Waals surface area contributed by atoms with Crippen molar-refractivity contribution in [2.75, 3.05) is 0 Å². The molecule has 0 aliphatic rings. The Balaban J connectivity index is 1.93. The molecule has 0 saturated carbocycles. The van der Waals surface area contributed by atoms with Crippen LogP contribution < -0.4 is 5.32 Å². The number of amides is 1. The highest BCUT2D eigenvalue weighted by molar-refractivity contribution is 5.78. The standard InChI is InChI=1S/C14H18N4O2/c1-9(2)13-17-18-14(20-13)10(3)16-12(19)7-11-5-4-6-15-8-11/h4-6,8-10H,7H2,1-3H3,(H,16,19)/t10-/m1/s1. The highest BCUT2D eigenvalue weighted by Gasteiger charge is 2.17. The predicted molar refractivity (Wildman–Crippen MR) is 72.9 cm³/mol. The molecule has 6 nitrogen and oxygen atoms in total. The van der Waals surface area contributed by atoms with Crippen molar-refractivity contribution < 1.29 is 9.21 Å². The highest BCUT2D eigenvalue weighted by Crippen LogP contribution is 2.16. The van der Waals surface area contributed by atoms with Crippen LogP contribution in [0.1, 0.15) is 50.1 Å². The van der Waals surface area contributed by atoms with Crippen LogP contribution in [0.15, 0.2) is 28.9 Å². The third-order valence-electron chi connectivity index (χ3n) is 2.79. The van der Waals surface area contributed by atoms with Crippen molar-refractivity contribution in [2.45, 2.75) is 39.2 Å². The quantitative estimate of drug-likeness (QED) is 0.902. The summed E-state index contributed by atoms with van der Waals surface area (Å²) in [6.45, 7) is 5.77. The lowest BCUT2D eigenvalue weighted by molar-refractivity contribution is -0.121. The molecule has 1 amide bonds. The fourth-order valence-corrected chi connectivity index (χ4v) is 1.70. The average Bonchev–Trinajstić information content (AvgIpc) is 2.89. The molecule has 0 radical (unpaired) electrons. The van der Waals surface area contributed by atoms with Gasteiger partial charge in [0.2, 0.25) is 17.7 Å². The van der Waals surface area contributed by atoms with Gasteiger partial charge in [0.25, 0.3) is 0 Å². The van der Waals surface area contributed by atoms with Crippen LogP contribution in [0.5, 0.6) is 0 Å². The van der Waals surface area contributed by atoms with Crippen molar-refractivity contribution in [3.63, 3.8) is 0 Å². The molecule has 0 fully saturated rings. The van der Waals surface area contributed by atoms with E-state index >= 15 is 0 Å². The van der Waals surface area contributed by atoms with Crippen LogP contribution in [0.4, 0.5) is 0 Å². The smallest absolute Gasteiger partial charge is 0.238 e. The van der Waals surface area contributed by atoms with Gasteiger partial charge >= 0.3 is 0 Å². The zero-order valence-corrected chi connectivity index (χ0v) is 11.8. The fraction of sp³-hybridized carbons (Fsp3) is 0.429. The number of nitrogens with zero attached hydrogens (tertiary/aromatic N) is 3. The second kappa shape index (κ2) is 6.27. The van der Waals surface area contributed by atoms with E-state index in [-0.39, 0.29) is 24.3 Å². The lowest BCUT2D eigenvalue weighted by atomic mass is 10.2. The first-order chi connectivity index (χ1) is 9.56. The van der Waals surface area contributed by atoms with Crippen molar-refractivity contribution in [3.05, 3.63) is 41.9 Å². The third-order valence-corrected chi connectivity index (χ3v) is 2.79. The molecule has 0 unspecified atom stereocenters. The first-order valence-electron chi connectivity index (χ1n) is 6.58. The topological polar surface area (TPSA) is 80.9 Å². The molecule has 0 aliphatic carbocycles. The van der Waals surface area contributed by atoms with E-state index in [9.17, 15) is 4.79 Å². The maximum absolute atomic E-state index is 11.9. The Morgan fingerprint density at radius 3 is 2.65 bits per heavy atom. The predicted octanol–water partition coefficient (Wildman–Crippen LogP) is 2.01. The summed E-state index contributed by atoms with van der Waals surface area (Å²) in [5, 5.41) is 10.7. The van der Waals surface area contributed by atoms with Gasteiger partial charge in [0.1, 0.15) is 6.04 Å². The number of rotatable bonds is 5. The molecule has 0 spiro atoms. The van der Waals surface area contributed by atoms with E-state index in [4.69, 9.17) is 4.42 Å². The summed E-state index contributed by atoms with van der Waals surface area (Å²) in [7, 11) is 0. The van der Waals surface area contributed by atoms with Gasteiger partial charge in [-0.3, -0.25) is 9.78 Å². The van der Waals surface area contributed by atoms with Crippen LogP contribution in [-0.4, -0.2) is 21.1 Å². The van der Waals surface area contributed by atoms with Crippen LogP contribution in [0.25, 0.3) is 0 Å². The Morgan fingerprint density at radius 2 is 2.05 bits per heavy atom. The fourth-order valence-electron chi connectivity index (χ4n) is 1.70. The van der Waals surface area contributed by atoms with Gasteiger partial charge in [0.15, 0.2) is 0 Å². The summed E-state index contributed by atoms with van der Waals surface area (Å²) >= 11 is 0. The molecule has 106 valence electrons. The second-order valence-corrected chi connectivity index (χ2v) is 4.96. The molecule has 0 saturated heterocycles. The van der Waals surface area contributed by atoms with Crippen LogP contribution in [0.2, 0.25) is 0 Å². The monoisotopic (exact) mass is 274 g/mol. The Bertz CT molecular complexity index is 566. The van der Waals surface area contributed by atoms with Crippen LogP contribution in [0.3, 0.4) is 0 Å². The summed E-state index contributed by atoms with van der Waals surface area (Å²) in [6.07, 6.45) is 3.63. The van der Waals surface area contributed by atoms with Crippen molar-refractivity contribution in [1.29, 1.82) is 0 Å². The summed E-state index contributed by atoms with van der Waals surface area (Å²) in [5.74, 6) is 1.07. The van der Waals surface area contributed by atoms with Gasteiger partial charge in [-0.2, -0.15) is 0 Å². The normalized spacial score (nSPS) is 12.4. The number of aromatic nitrogens is 3. The number of hydrogen-bond acceptors (Lipinski definition) is 5. The zero-order chi connectivity index (χ0) is 14.5. The molecule has 2 aromatic heterocycles. The largest absolute Gasteiger partial charge is 0.423 e. The summed E-state index contributed by atoms with van der Waals surface area (Å²) in [5.41, 5.74) is 0.866. The van der Waals surface area contributed by atoms with Crippen molar-refractivity contribution in [1.82, 2.24) is 20.5 Å². The Kier molecular flexibility index (Phi) is 4.45. The molecule has 2 heterocycles. The van der Waals surface area contributed by atoms with Gasteiger partial charge in [-0.1, -0.05) is 19.9 Å². The van der Waals surface area contributed by atoms with E-state index in [0.717, 1.165) is 5.56 Å². The highest BCUT2D eigenvalue weighted by atomic mass is 16.4. The van der Waals surface area contributed by atoms with Gasteiger partial charge < -0.3 is 9.73 Å². The maximum Gasteiger partial charge on any atom is 0.238 e. The summed E-state index contributed by atoms with van der Waals surface area (Å²) in [6, 6.07) is 3.36. The molecule has 2 rings (SSSR count). The minimum atomic E-state index is -0.306. The lowest BCUT2D eigenvalue weighted by Gasteiger charge is -2.09. The number of carbonyl (C=O) groups is 1. The second-order valence-electron chi connectivity index (χ2n) is 4.96. The van der Waals surface area contributed by atoms with E-state index in [1.165, 1.54) is 0 Å². The molecule has 2 aromatic rings. The summed E-state index contributed by atoms with van der Waals surface area (Å²) < 4.78 is 5.51. The lowest BCUT2D eigenvalue weighted by Crippen LogP contribution is -2.28. The Labute approximate surface area is 117 Å². The number of hydrogen-bond donors (Lipinski definition) is 1. The van der Waals surface area contributed by atoms with Crippen molar-refractivity contribution in [3.8, 4) is 0 Å². The first kappa shape index (κ1) is 14.2. The van der Waals surface area contributed by atoms with Gasteiger partial charge in [-0.25, -0.2) is 0 Å². The Morgan fingerprint density at radius 1 is 1.30 bits per heavy atom. The van der Waals surface area contributed by atoms with E-state index < -0.39 is 0 Å².